The molecule has 24 heavy (non-hydrogen) atoms. The van der Waals surface area contributed by atoms with Gasteiger partial charge >= 0.3 is 0 Å². The van der Waals surface area contributed by atoms with Crippen molar-refractivity contribution in [3.8, 4) is 0 Å². The van der Waals surface area contributed by atoms with E-state index in [4.69, 9.17) is 21.1 Å². The summed E-state index contributed by atoms with van der Waals surface area (Å²) in [7, 11) is 0. The zero-order chi connectivity index (χ0) is 16.8. The zero-order valence-corrected chi connectivity index (χ0v) is 15.7. The second-order valence-corrected chi connectivity index (χ2v) is 8.56. The molecule has 2 atom stereocenters. The summed E-state index contributed by atoms with van der Waals surface area (Å²) in [6.07, 6.45) is 2.08. The van der Waals surface area contributed by atoms with Crippen LogP contribution in [0.4, 0.5) is 0 Å². The third kappa shape index (κ3) is 3.08. The van der Waals surface area contributed by atoms with E-state index in [1.54, 1.807) is 0 Å². The fourth-order valence-corrected chi connectivity index (χ4v) is 4.92. The average molecular weight is 367 g/mol. The molecule has 0 spiro atoms. The van der Waals surface area contributed by atoms with E-state index in [9.17, 15) is 0 Å². The molecule has 0 bridgehead atoms. The first-order valence-electron chi connectivity index (χ1n) is 8.48. The van der Waals surface area contributed by atoms with Gasteiger partial charge in [-0.2, -0.15) is 0 Å². The zero-order valence-electron chi connectivity index (χ0n) is 14.2. The van der Waals surface area contributed by atoms with Crippen LogP contribution in [-0.2, 0) is 16.0 Å². The van der Waals surface area contributed by atoms with Gasteiger partial charge in [0.1, 0.15) is 0 Å². The van der Waals surface area contributed by atoms with Crippen molar-refractivity contribution in [2.75, 3.05) is 5.75 Å². The van der Waals surface area contributed by atoms with Gasteiger partial charge in [-0.25, -0.2) is 0 Å². The minimum atomic E-state index is -0.120. The van der Waals surface area contributed by atoms with Crippen molar-refractivity contribution in [3.63, 3.8) is 0 Å². The molecular weight excluding hydrogens is 344 g/mol. The van der Waals surface area contributed by atoms with E-state index >= 15 is 0 Å². The van der Waals surface area contributed by atoms with Crippen molar-refractivity contribution in [1.29, 1.82) is 0 Å². The van der Waals surface area contributed by atoms with E-state index in [1.807, 2.05) is 24.8 Å². The molecule has 1 aromatic heterocycles. The summed E-state index contributed by atoms with van der Waals surface area (Å²) in [6, 6.07) is 6.41. The Labute approximate surface area is 151 Å². The Morgan fingerprint density at radius 1 is 1.38 bits per heavy atom. The van der Waals surface area contributed by atoms with E-state index in [-0.39, 0.29) is 24.0 Å². The molecule has 4 nitrogen and oxygen atoms in total. The van der Waals surface area contributed by atoms with E-state index in [1.165, 1.54) is 16.5 Å². The van der Waals surface area contributed by atoms with Crippen molar-refractivity contribution in [2.45, 2.75) is 51.3 Å². The topological polar surface area (TPSA) is 35.4 Å². The predicted octanol–water partition coefficient (Wildman–Crippen LogP) is 4.37. The standard InChI is InChI=1S/C18H23ClN2O2S/c1-10(2)7-21-8-14(13-6-12(19)4-5-16(13)21)17-20-15(9-24-17)18-22-11(3)23-18/h4-6,8,10-11,15,17-18,20H,7,9H2,1-3H3. The lowest BCUT2D eigenvalue weighted by Gasteiger charge is -2.37. The Morgan fingerprint density at radius 2 is 2.17 bits per heavy atom. The molecule has 2 aliphatic rings. The molecule has 2 aromatic rings. The maximum atomic E-state index is 6.26. The van der Waals surface area contributed by atoms with Crippen LogP contribution in [0.15, 0.2) is 24.4 Å². The van der Waals surface area contributed by atoms with Gasteiger partial charge in [-0.05, 0) is 31.0 Å². The third-order valence-corrected chi connectivity index (χ3v) is 6.02. The van der Waals surface area contributed by atoms with Gasteiger partial charge < -0.3 is 14.0 Å². The maximum absolute atomic E-state index is 6.26. The number of ether oxygens (including phenoxy) is 2. The van der Waals surface area contributed by atoms with Crippen LogP contribution in [0.1, 0.15) is 31.7 Å². The van der Waals surface area contributed by atoms with Crippen LogP contribution < -0.4 is 5.32 Å². The highest BCUT2D eigenvalue weighted by atomic mass is 35.5. The van der Waals surface area contributed by atoms with Gasteiger partial charge in [-0.3, -0.25) is 5.32 Å². The number of halogens is 1. The highest BCUT2D eigenvalue weighted by Gasteiger charge is 2.40. The minimum Gasteiger partial charge on any atom is -0.347 e. The fourth-order valence-electron chi connectivity index (χ4n) is 3.46. The molecule has 4 rings (SSSR count). The SMILES string of the molecule is CC(C)Cn1cc(C2NC(C3OC(C)O3)CS2)c2cc(Cl)ccc21. The van der Waals surface area contributed by atoms with Gasteiger partial charge in [0.15, 0.2) is 12.6 Å². The highest BCUT2D eigenvalue weighted by molar-refractivity contribution is 7.99. The smallest absolute Gasteiger partial charge is 0.179 e. The number of hydrogen-bond donors (Lipinski definition) is 1. The molecule has 0 radical (unpaired) electrons. The van der Waals surface area contributed by atoms with Crippen molar-refractivity contribution >= 4 is 34.3 Å². The number of aromatic nitrogens is 1. The Kier molecular flexibility index (Phi) is 4.56. The molecule has 1 aromatic carbocycles. The Hall–Kier alpha value is -0.720. The number of fused-ring (bicyclic) bond motifs is 1. The second kappa shape index (κ2) is 6.54. The maximum Gasteiger partial charge on any atom is 0.179 e. The Morgan fingerprint density at radius 3 is 2.88 bits per heavy atom. The van der Waals surface area contributed by atoms with Crippen LogP contribution in [0, 0.1) is 5.92 Å². The highest BCUT2D eigenvalue weighted by Crippen LogP contribution is 2.40. The van der Waals surface area contributed by atoms with E-state index in [0.29, 0.717) is 5.92 Å². The van der Waals surface area contributed by atoms with Crippen LogP contribution in [0.25, 0.3) is 10.9 Å². The number of rotatable bonds is 4. The predicted molar refractivity (Wildman–Crippen MR) is 99.3 cm³/mol. The molecule has 6 heteroatoms. The van der Waals surface area contributed by atoms with Gasteiger partial charge in [0.25, 0.3) is 0 Å². The third-order valence-electron chi connectivity index (χ3n) is 4.51. The Bertz CT molecular complexity index is 742. The van der Waals surface area contributed by atoms with E-state index < -0.39 is 0 Å². The van der Waals surface area contributed by atoms with Crippen LogP contribution >= 0.6 is 23.4 Å². The van der Waals surface area contributed by atoms with Gasteiger partial charge in [-0.15, -0.1) is 11.8 Å². The molecule has 2 fully saturated rings. The summed E-state index contributed by atoms with van der Waals surface area (Å²) in [5.74, 6) is 1.58. The van der Waals surface area contributed by atoms with Gasteiger partial charge in [0.2, 0.25) is 0 Å². The first-order valence-corrected chi connectivity index (χ1v) is 9.91. The average Bonchev–Trinajstić information content (AvgIpc) is 3.08. The number of hydrogen-bond acceptors (Lipinski definition) is 4. The summed E-state index contributed by atoms with van der Waals surface area (Å²) in [5.41, 5.74) is 2.55. The fraction of sp³-hybridized carbons (Fsp3) is 0.556. The number of nitrogens with zero attached hydrogens (tertiary/aromatic N) is 1. The van der Waals surface area contributed by atoms with Gasteiger partial charge in [0, 0.05) is 40.0 Å². The summed E-state index contributed by atoms with van der Waals surface area (Å²) < 4.78 is 13.6. The van der Waals surface area contributed by atoms with E-state index in [2.05, 4.69) is 42.1 Å². The lowest BCUT2D eigenvalue weighted by Crippen LogP contribution is -2.51. The second-order valence-electron chi connectivity index (χ2n) is 6.99. The number of thioether (sulfide) groups is 1. The minimum absolute atomic E-state index is 0.0763. The first kappa shape index (κ1) is 16.7. The van der Waals surface area contributed by atoms with Crippen LogP contribution in [0.3, 0.4) is 0 Å². The van der Waals surface area contributed by atoms with Crippen LogP contribution in [-0.4, -0.2) is 28.9 Å². The normalized spacial score (nSPS) is 30.2. The van der Waals surface area contributed by atoms with Crippen LogP contribution in [0.2, 0.25) is 5.02 Å². The quantitative estimate of drug-likeness (QED) is 0.871. The largest absolute Gasteiger partial charge is 0.347 e. The van der Waals surface area contributed by atoms with Crippen molar-refractivity contribution in [2.24, 2.45) is 5.92 Å². The molecular formula is C18H23ClN2O2S. The molecule has 2 unspecified atom stereocenters. The monoisotopic (exact) mass is 366 g/mol. The molecule has 130 valence electrons. The lowest BCUT2D eigenvalue weighted by molar-refractivity contribution is -0.381. The van der Waals surface area contributed by atoms with E-state index in [0.717, 1.165) is 17.3 Å². The van der Waals surface area contributed by atoms with Crippen molar-refractivity contribution in [1.82, 2.24) is 9.88 Å². The van der Waals surface area contributed by atoms with Gasteiger partial charge in [-0.1, -0.05) is 25.4 Å². The molecule has 0 aliphatic carbocycles. The molecule has 0 saturated carbocycles. The molecule has 1 N–H and O–H groups in total. The van der Waals surface area contributed by atoms with Gasteiger partial charge in [0.05, 0.1) is 11.4 Å². The van der Waals surface area contributed by atoms with Crippen LogP contribution in [0.5, 0.6) is 0 Å². The summed E-state index contributed by atoms with van der Waals surface area (Å²) in [4.78, 5) is 0. The summed E-state index contributed by atoms with van der Waals surface area (Å²) in [5, 5.41) is 5.92. The molecule has 0 amide bonds. The summed E-state index contributed by atoms with van der Waals surface area (Å²) in [6.45, 7) is 7.42. The lowest BCUT2D eigenvalue weighted by atomic mass is 10.1. The first-order chi connectivity index (χ1) is 11.5. The van der Waals surface area contributed by atoms with Crippen molar-refractivity contribution in [3.05, 3.63) is 35.0 Å². The number of benzene rings is 1. The summed E-state index contributed by atoms with van der Waals surface area (Å²) >= 11 is 8.17. The Balaban J connectivity index is 1.62. The molecule has 2 aliphatic heterocycles. The number of nitrogens with one attached hydrogen (secondary N) is 1. The molecule has 3 heterocycles. The molecule has 2 saturated heterocycles. The van der Waals surface area contributed by atoms with Crippen molar-refractivity contribution < 1.29 is 9.47 Å².